The highest BCUT2D eigenvalue weighted by Crippen LogP contribution is 2.28. The average Bonchev–Trinajstić information content (AvgIpc) is 3.19. The molecule has 26 heavy (non-hydrogen) atoms. The van der Waals surface area contributed by atoms with Gasteiger partial charge in [-0.1, -0.05) is 13.3 Å². The molecule has 0 N–H and O–H groups in total. The summed E-state index contributed by atoms with van der Waals surface area (Å²) in [6.45, 7) is 8.71. The first-order valence-corrected chi connectivity index (χ1v) is 10.1. The van der Waals surface area contributed by atoms with Crippen molar-refractivity contribution in [3.63, 3.8) is 0 Å². The molecule has 0 spiro atoms. The van der Waals surface area contributed by atoms with Gasteiger partial charge < -0.3 is 14.5 Å². The molecule has 1 amide bonds. The Morgan fingerprint density at radius 3 is 2.81 bits per heavy atom. The summed E-state index contributed by atoms with van der Waals surface area (Å²) in [6.07, 6.45) is 6.68. The summed E-state index contributed by atoms with van der Waals surface area (Å²) in [5.74, 6) is 2.29. The largest absolute Gasteiger partial charge is 0.372 e. The number of ether oxygens (including phenoxy) is 1. The maximum Gasteiger partial charge on any atom is 0.248 e. The molecule has 1 aromatic rings. The smallest absolute Gasteiger partial charge is 0.248 e. The molecule has 0 aromatic carbocycles. The molecule has 0 bridgehead atoms. The lowest BCUT2D eigenvalue weighted by Crippen LogP contribution is -2.41. The van der Waals surface area contributed by atoms with Crippen molar-refractivity contribution in [2.45, 2.75) is 58.3 Å². The van der Waals surface area contributed by atoms with Crippen molar-refractivity contribution < 1.29 is 9.53 Å². The van der Waals surface area contributed by atoms with Crippen molar-refractivity contribution in [1.29, 1.82) is 0 Å². The fourth-order valence-electron chi connectivity index (χ4n) is 3.83. The fourth-order valence-corrected chi connectivity index (χ4v) is 3.83. The Morgan fingerprint density at radius 2 is 2.04 bits per heavy atom. The molecule has 6 nitrogen and oxygen atoms in total. The van der Waals surface area contributed by atoms with Crippen LogP contribution in [0.2, 0.25) is 0 Å². The van der Waals surface area contributed by atoms with E-state index < -0.39 is 0 Å². The van der Waals surface area contributed by atoms with E-state index in [9.17, 15) is 4.79 Å². The molecular weight excluding hydrogens is 328 g/mol. The zero-order valence-corrected chi connectivity index (χ0v) is 16.2. The van der Waals surface area contributed by atoms with Gasteiger partial charge in [-0.2, -0.15) is 0 Å². The number of rotatable bonds is 7. The van der Waals surface area contributed by atoms with Gasteiger partial charge >= 0.3 is 0 Å². The van der Waals surface area contributed by atoms with Crippen molar-refractivity contribution in [3.8, 4) is 0 Å². The highest BCUT2D eigenvalue weighted by atomic mass is 16.5. The monoisotopic (exact) mass is 360 g/mol. The molecular formula is C20H32N4O2. The Kier molecular flexibility index (Phi) is 6.83. The van der Waals surface area contributed by atoms with Gasteiger partial charge in [-0.3, -0.25) is 4.79 Å². The molecule has 144 valence electrons. The SMILES string of the molecule is CCCCOCC(=O)N1CCC[C@H](c2cc(N3CCCC3)nc(C)n2)C1. The molecule has 1 aromatic heterocycles. The van der Waals surface area contributed by atoms with E-state index in [-0.39, 0.29) is 12.5 Å². The highest BCUT2D eigenvalue weighted by Gasteiger charge is 2.27. The van der Waals surface area contributed by atoms with Crippen LogP contribution < -0.4 is 4.90 Å². The van der Waals surface area contributed by atoms with Crippen LogP contribution in [0.1, 0.15) is 62.9 Å². The summed E-state index contributed by atoms with van der Waals surface area (Å²) in [4.78, 5) is 26.1. The maximum absolute atomic E-state index is 12.4. The summed E-state index contributed by atoms with van der Waals surface area (Å²) in [5, 5.41) is 0. The van der Waals surface area contributed by atoms with Gasteiger partial charge in [0.1, 0.15) is 18.2 Å². The fraction of sp³-hybridized carbons (Fsp3) is 0.750. The number of aryl methyl sites for hydroxylation is 1. The van der Waals surface area contributed by atoms with Crippen molar-refractivity contribution in [2.75, 3.05) is 44.3 Å². The maximum atomic E-state index is 12.4. The first-order chi connectivity index (χ1) is 12.7. The minimum absolute atomic E-state index is 0.108. The number of anilines is 1. The number of piperidine rings is 1. The van der Waals surface area contributed by atoms with E-state index in [2.05, 4.69) is 22.9 Å². The van der Waals surface area contributed by atoms with Crippen molar-refractivity contribution >= 4 is 11.7 Å². The number of likely N-dealkylation sites (tertiary alicyclic amines) is 1. The summed E-state index contributed by atoms with van der Waals surface area (Å²) in [7, 11) is 0. The molecule has 0 radical (unpaired) electrons. The van der Waals surface area contributed by atoms with E-state index in [1.54, 1.807) is 0 Å². The molecule has 2 saturated heterocycles. The zero-order chi connectivity index (χ0) is 18.4. The van der Waals surface area contributed by atoms with Crippen molar-refractivity contribution in [1.82, 2.24) is 14.9 Å². The van der Waals surface area contributed by atoms with E-state index >= 15 is 0 Å². The highest BCUT2D eigenvalue weighted by molar-refractivity contribution is 5.77. The molecule has 0 unspecified atom stereocenters. The lowest BCUT2D eigenvalue weighted by atomic mass is 9.94. The van der Waals surface area contributed by atoms with Crippen LogP contribution in [0.25, 0.3) is 0 Å². The first-order valence-electron chi connectivity index (χ1n) is 10.1. The van der Waals surface area contributed by atoms with Gasteiger partial charge in [0.05, 0.1) is 5.69 Å². The van der Waals surface area contributed by atoms with Gasteiger partial charge in [0, 0.05) is 44.8 Å². The number of nitrogens with zero attached hydrogens (tertiary/aromatic N) is 4. The van der Waals surface area contributed by atoms with Crippen LogP contribution in [-0.4, -0.2) is 60.2 Å². The Balaban J connectivity index is 1.62. The predicted molar refractivity (Wildman–Crippen MR) is 102 cm³/mol. The quantitative estimate of drug-likeness (QED) is 0.700. The number of hydrogen-bond acceptors (Lipinski definition) is 5. The van der Waals surface area contributed by atoms with Crippen LogP contribution in [-0.2, 0) is 9.53 Å². The summed E-state index contributed by atoms with van der Waals surface area (Å²) < 4.78 is 5.51. The number of amides is 1. The number of aromatic nitrogens is 2. The van der Waals surface area contributed by atoms with E-state index in [1.165, 1.54) is 12.8 Å². The molecule has 6 heteroatoms. The van der Waals surface area contributed by atoms with Gasteiger partial charge in [-0.05, 0) is 39.0 Å². The van der Waals surface area contributed by atoms with Crippen molar-refractivity contribution in [2.24, 2.45) is 0 Å². The minimum Gasteiger partial charge on any atom is -0.372 e. The van der Waals surface area contributed by atoms with E-state index in [0.717, 1.165) is 69.2 Å². The van der Waals surface area contributed by atoms with Crippen LogP contribution in [0.3, 0.4) is 0 Å². The molecule has 0 saturated carbocycles. The Hall–Kier alpha value is -1.69. The van der Waals surface area contributed by atoms with E-state index in [4.69, 9.17) is 9.72 Å². The summed E-state index contributed by atoms with van der Waals surface area (Å²) in [6, 6.07) is 2.15. The Morgan fingerprint density at radius 1 is 1.23 bits per heavy atom. The molecule has 0 aliphatic carbocycles. The third-order valence-electron chi connectivity index (χ3n) is 5.33. The van der Waals surface area contributed by atoms with Gasteiger partial charge in [-0.15, -0.1) is 0 Å². The topological polar surface area (TPSA) is 58.6 Å². The van der Waals surface area contributed by atoms with Gasteiger partial charge in [0.15, 0.2) is 0 Å². The van der Waals surface area contributed by atoms with Gasteiger partial charge in [0.2, 0.25) is 5.91 Å². The Bertz CT molecular complexity index is 601. The van der Waals surface area contributed by atoms with E-state index in [0.29, 0.717) is 12.5 Å². The minimum atomic E-state index is 0.108. The molecule has 3 heterocycles. The Labute approximate surface area is 156 Å². The average molecular weight is 361 g/mol. The van der Waals surface area contributed by atoms with Crippen LogP contribution in [0, 0.1) is 6.92 Å². The third-order valence-corrected chi connectivity index (χ3v) is 5.33. The second kappa shape index (κ2) is 9.31. The standard InChI is InChI=1S/C20H32N4O2/c1-3-4-12-26-15-20(25)24-11-7-8-17(14-24)18-13-19(22-16(2)21-18)23-9-5-6-10-23/h13,17H,3-12,14-15H2,1-2H3/t17-/m0/s1. The first kappa shape index (κ1) is 19.1. The van der Waals surface area contributed by atoms with Gasteiger partial charge in [-0.25, -0.2) is 9.97 Å². The molecule has 2 fully saturated rings. The van der Waals surface area contributed by atoms with Crippen LogP contribution in [0.5, 0.6) is 0 Å². The molecule has 2 aliphatic rings. The van der Waals surface area contributed by atoms with Crippen molar-refractivity contribution in [3.05, 3.63) is 17.6 Å². The molecule has 3 rings (SSSR count). The zero-order valence-electron chi connectivity index (χ0n) is 16.2. The van der Waals surface area contributed by atoms with E-state index in [1.807, 2.05) is 11.8 Å². The number of hydrogen-bond donors (Lipinski definition) is 0. The number of carbonyl (C=O) groups excluding carboxylic acids is 1. The summed E-state index contributed by atoms with van der Waals surface area (Å²) >= 11 is 0. The second-order valence-electron chi connectivity index (χ2n) is 7.48. The summed E-state index contributed by atoms with van der Waals surface area (Å²) in [5.41, 5.74) is 1.09. The molecule has 1 atom stereocenters. The number of carbonyl (C=O) groups is 1. The lowest BCUT2D eigenvalue weighted by molar-refractivity contribution is -0.137. The lowest BCUT2D eigenvalue weighted by Gasteiger charge is -2.33. The van der Waals surface area contributed by atoms with Crippen LogP contribution in [0.15, 0.2) is 6.07 Å². The van der Waals surface area contributed by atoms with Crippen LogP contribution >= 0.6 is 0 Å². The second-order valence-corrected chi connectivity index (χ2v) is 7.48. The predicted octanol–water partition coefficient (Wildman–Crippen LogP) is 2.91. The number of unbranched alkanes of at least 4 members (excludes halogenated alkanes) is 1. The third kappa shape index (κ3) is 4.93. The molecule has 2 aliphatic heterocycles. The van der Waals surface area contributed by atoms with Crippen LogP contribution in [0.4, 0.5) is 5.82 Å². The normalized spacial score (nSPS) is 20.6. The van der Waals surface area contributed by atoms with Gasteiger partial charge in [0.25, 0.3) is 0 Å².